The van der Waals surface area contributed by atoms with Crippen molar-refractivity contribution in [3.8, 4) is 0 Å². The predicted octanol–water partition coefficient (Wildman–Crippen LogP) is 3.44. The maximum absolute atomic E-state index is 13.5. The van der Waals surface area contributed by atoms with E-state index in [-0.39, 0.29) is 28.5 Å². The van der Waals surface area contributed by atoms with Gasteiger partial charge in [-0.05, 0) is 31.2 Å². The van der Waals surface area contributed by atoms with Crippen LogP contribution in [0.15, 0.2) is 53.4 Å². The molecule has 0 fully saturated rings. The number of hydrogen-bond acceptors (Lipinski definition) is 5. The lowest BCUT2D eigenvalue weighted by atomic mass is 10.3. The summed E-state index contributed by atoms with van der Waals surface area (Å²) in [7, 11) is 0. The fraction of sp³-hybridized carbons (Fsp3) is 0.211. The third-order valence-electron chi connectivity index (χ3n) is 3.79. The van der Waals surface area contributed by atoms with Gasteiger partial charge in [0.15, 0.2) is 0 Å². The zero-order valence-electron chi connectivity index (χ0n) is 15.1. The monoisotopic (exact) mass is 418 g/mol. The number of aromatic amines is 1. The molecule has 3 rings (SSSR count). The molecule has 9 heteroatoms. The van der Waals surface area contributed by atoms with E-state index in [1.54, 1.807) is 18.2 Å². The summed E-state index contributed by atoms with van der Waals surface area (Å²) >= 11 is 2.47. The van der Waals surface area contributed by atoms with Crippen LogP contribution in [-0.4, -0.2) is 33.3 Å². The molecule has 146 valence electrons. The first-order valence-electron chi connectivity index (χ1n) is 8.54. The summed E-state index contributed by atoms with van der Waals surface area (Å²) in [6.07, 6.45) is 0. The summed E-state index contributed by atoms with van der Waals surface area (Å²) in [6.45, 7) is 1.96. The van der Waals surface area contributed by atoms with Crippen molar-refractivity contribution in [2.45, 2.75) is 17.1 Å². The van der Waals surface area contributed by atoms with Gasteiger partial charge >= 0.3 is 0 Å². The second-order valence-corrected chi connectivity index (χ2v) is 8.25. The molecule has 0 bridgehead atoms. The summed E-state index contributed by atoms with van der Waals surface area (Å²) in [6, 6.07) is 14.0. The minimum atomic E-state index is -0.406. The van der Waals surface area contributed by atoms with Crippen molar-refractivity contribution in [2.75, 3.05) is 11.5 Å². The molecule has 2 amide bonds. The molecule has 0 saturated carbocycles. The van der Waals surface area contributed by atoms with Crippen LogP contribution in [0.3, 0.4) is 0 Å². The number of nitrogens with one attached hydrogen (secondary N) is 3. The molecule has 0 saturated heterocycles. The number of fused-ring (bicyclic) bond motifs is 1. The summed E-state index contributed by atoms with van der Waals surface area (Å²) in [5, 5.41) is -0.00883. The molecule has 6 nitrogen and oxygen atoms in total. The Labute approximate surface area is 170 Å². The van der Waals surface area contributed by atoms with Gasteiger partial charge in [0, 0.05) is 4.90 Å². The van der Waals surface area contributed by atoms with Gasteiger partial charge in [-0.3, -0.25) is 20.4 Å². The van der Waals surface area contributed by atoms with Crippen molar-refractivity contribution in [1.29, 1.82) is 0 Å². The number of carbonyl (C=O) groups excluding carboxylic acids is 2. The molecule has 0 aliphatic rings. The van der Waals surface area contributed by atoms with Gasteiger partial charge < -0.3 is 4.98 Å². The number of halogens is 1. The Morgan fingerprint density at radius 1 is 1.07 bits per heavy atom. The first-order chi connectivity index (χ1) is 13.5. The third kappa shape index (κ3) is 5.49. The molecule has 0 aliphatic heterocycles. The van der Waals surface area contributed by atoms with Crippen LogP contribution in [-0.2, 0) is 9.59 Å². The zero-order valence-corrected chi connectivity index (χ0v) is 16.7. The van der Waals surface area contributed by atoms with Crippen molar-refractivity contribution in [2.24, 2.45) is 0 Å². The minimum absolute atomic E-state index is 0.00371. The number of para-hydroxylation sites is 2. The lowest BCUT2D eigenvalue weighted by Gasteiger charge is -2.10. The number of H-pyrrole nitrogens is 1. The highest BCUT2D eigenvalue weighted by Crippen LogP contribution is 2.27. The number of thioether (sulfide) groups is 2. The van der Waals surface area contributed by atoms with E-state index in [1.165, 1.54) is 17.8 Å². The summed E-state index contributed by atoms with van der Waals surface area (Å²) < 4.78 is 13.5. The Kier molecular flexibility index (Phi) is 6.94. The molecular weight excluding hydrogens is 399 g/mol. The SMILES string of the molecule is C[C@@H](SCC(=O)NNC(=O)CSc1ccccc1F)c1nc2ccccc2[nH]1. The highest BCUT2D eigenvalue weighted by Gasteiger charge is 2.14. The second kappa shape index (κ2) is 9.61. The number of hydrazine groups is 1. The van der Waals surface area contributed by atoms with Gasteiger partial charge in [0.2, 0.25) is 11.8 Å². The van der Waals surface area contributed by atoms with Crippen LogP contribution in [0.2, 0.25) is 0 Å². The molecule has 1 heterocycles. The Morgan fingerprint density at radius 2 is 1.75 bits per heavy atom. The quantitative estimate of drug-likeness (QED) is 0.404. The van der Waals surface area contributed by atoms with Crippen molar-refractivity contribution in [3.63, 3.8) is 0 Å². The van der Waals surface area contributed by atoms with Gasteiger partial charge in [-0.15, -0.1) is 23.5 Å². The number of amides is 2. The molecular formula is C19H19FN4O2S2. The lowest BCUT2D eigenvalue weighted by Crippen LogP contribution is -2.43. The Bertz CT molecular complexity index is 946. The summed E-state index contributed by atoms with van der Waals surface area (Å²) in [5.74, 6) is -0.137. The van der Waals surface area contributed by atoms with Crippen LogP contribution in [0.25, 0.3) is 11.0 Å². The van der Waals surface area contributed by atoms with E-state index >= 15 is 0 Å². The van der Waals surface area contributed by atoms with Crippen LogP contribution in [0.5, 0.6) is 0 Å². The number of carbonyl (C=O) groups is 2. The van der Waals surface area contributed by atoms with Crippen molar-refractivity contribution >= 4 is 46.4 Å². The van der Waals surface area contributed by atoms with E-state index in [0.29, 0.717) is 4.90 Å². The largest absolute Gasteiger partial charge is 0.341 e. The fourth-order valence-corrected chi connectivity index (χ4v) is 3.84. The average molecular weight is 419 g/mol. The Balaban J connectivity index is 1.39. The molecule has 28 heavy (non-hydrogen) atoms. The standard InChI is InChI=1S/C19H19FN4O2S2/c1-12(19-21-14-7-3-4-8-15(14)22-19)27-10-17(25)23-24-18(26)11-28-16-9-5-2-6-13(16)20/h2-9,12H,10-11H2,1H3,(H,21,22)(H,23,25)(H,24,26)/t12-/m1/s1. The van der Waals surface area contributed by atoms with Crippen LogP contribution >= 0.6 is 23.5 Å². The van der Waals surface area contributed by atoms with Gasteiger partial charge in [-0.25, -0.2) is 9.37 Å². The van der Waals surface area contributed by atoms with Crippen LogP contribution in [0.4, 0.5) is 4.39 Å². The van der Waals surface area contributed by atoms with E-state index in [0.717, 1.165) is 28.6 Å². The van der Waals surface area contributed by atoms with E-state index in [2.05, 4.69) is 20.8 Å². The Morgan fingerprint density at radius 3 is 2.50 bits per heavy atom. The third-order valence-corrected chi connectivity index (χ3v) is 5.99. The maximum atomic E-state index is 13.5. The second-order valence-electron chi connectivity index (χ2n) is 5.91. The first-order valence-corrected chi connectivity index (χ1v) is 10.6. The van der Waals surface area contributed by atoms with Crippen molar-refractivity contribution in [3.05, 3.63) is 60.2 Å². The number of rotatable bonds is 7. The van der Waals surface area contributed by atoms with E-state index in [9.17, 15) is 14.0 Å². The van der Waals surface area contributed by atoms with E-state index < -0.39 is 5.91 Å². The number of hydrogen-bond donors (Lipinski definition) is 3. The minimum Gasteiger partial charge on any atom is -0.341 e. The first kappa shape index (κ1) is 20.2. The molecule has 0 spiro atoms. The topological polar surface area (TPSA) is 86.9 Å². The molecule has 1 atom stereocenters. The summed E-state index contributed by atoms with van der Waals surface area (Å²) in [5.41, 5.74) is 6.54. The molecule has 3 N–H and O–H groups in total. The highest BCUT2D eigenvalue weighted by atomic mass is 32.2. The Hall–Kier alpha value is -2.52. The molecule has 1 aromatic heterocycles. The van der Waals surface area contributed by atoms with Gasteiger partial charge in [0.1, 0.15) is 11.6 Å². The maximum Gasteiger partial charge on any atom is 0.248 e. The average Bonchev–Trinajstić information content (AvgIpc) is 3.14. The molecule has 2 aromatic carbocycles. The molecule has 0 radical (unpaired) electrons. The fourth-order valence-electron chi connectivity index (χ4n) is 2.36. The van der Waals surface area contributed by atoms with Crippen LogP contribution < -0.4 is 10.9 Å². The smallest absolute Gasteiger partial charge is 0.248 e. The number of aromatic nitrogens is 2. The number of benzene rings is 2. The lowest BCUT2D eigenvalue weighted by molar-refractivity contribution is -0.126. The molecule has 3 aromatic rings. The van der Waals surface area contributed by atoms with Crippen molar-refractivity contribution in [1.82, 2.24) is 20.8 Å². The predicted molar refractivity (Wildman–Crippen MR) is 110 cm³/mol. The molecule has 0 aliphatic carbocycles. The van der Waals surface area contributed by atoms with E-state index in [4.69, 9.17) is 0 Å². The number of imidazole rings is 1. The van der Waals surface area contributed by atoms with Gasteiger partial charge in [0.05, 0.1) is 27.8 Å². The number of nitrogens with zero attached hydrogens (tertiary/aromatic N) is 1. The van der Waals surface area contributed by atoms with Crippen molar-refractivity contribution < 1.29 is 14.0 Å². The van der Waals surface area contributed by atoms with Gasteiger partial charge in [-0.1, -0.05) is 24.3 Å². The highest BCUT2D eigenvalue weighted by molar-refractivity contribution is 8.00. The van der Waals surface area contributed by atoms with Crippen LogP contribution in [0.1, 0.15) is 18.0 Å². The zero-order chi connectivity index (χ0) is 19.9. The summed E-state index contributed by atoms with van der Waals surface area (Å²) in [4.78, 5) is 31.9. The van der Waals surface area contributed by atoms with Gasteiger partial charge in [0.25, 0.3) is 0 Å². The molecule has 0 unspecified atom stereocenters. The van der Waals surface area contributed by atoms with Gasteiger partial charge in [-0.2, -0.15) is 0 Å². The van der Waals surface area contributed by atoms with E-state index in [1.807, 2.05) is 31.2 Å². The van der Waals surface area contributed by atoms with Crippen LogP contribution in [0, 0.1) is 5.82 Å². The normalized spacial score (nSPS) is 11.9.